The number of benzene rings is 1. The van der Waals surface area contributed by atoms with Crippen LogP contribution in [0, 0.1) is 0 Å². The lowest BCUT2D eigenvalue weighted by Gasteiger charge is -2.33. The highest BCUT2D eigenvalue weighted by molar-refractivity contribution is 5.90. The maximum atomic E-state index is 11.0. The van der Waals surface area contributed by atoms with Gasteiger partial charge in [-0.2, -0.15) is 0 Å². The maximum Gasteiger partial charge on any atom is 0.336 e. The molecule has 0 bridgehead atoms. The van der Waals surface area contributed by atoms with Crippen molar-refractivity contribution in [3.63, 3.8) is 0 Å². The smallest absolute Gasteiger partial charge is 0.336 e. The Balaban J connectivity index is 2.47. The Hall–Kier alpha value is -1.51. The number of ether oxygens (including phenoxy) is 1. The normalized spacial score (nSPS) is 17.7. The van der Waals surface area contributed by atoms with Gasteiger partial charge in [0.1, 0.15) is 11.4 Å². The summed E-state index contributed by atoms with van der Waals surface area (Å²) in [5.74, 6) is -0.165. The minimum Gasteiger partial charge on any atom is -0.488 e. The summed E-state index contributed by atoms with van der Waals surface area (Å²) < 4.78 is 5.75. The summed E-state index contributed by atoms with van der Waals surface area (Å²) in [4.78, 5) is 11.0. The molecular formula is C12H14O3. The van der Waals surface area contributed by atoms with Crippen LogP contribution in [-0.2, 0) is 6.42 Å². The van der Waals surface area contributed by atoms with Crippen LogP contribution in [0.15, 0.2) is 18.2 Å². The molecule has 1 N–H and O–H groups in total. The third-order valence-corrected chi connectivity index (χ3v) is 2.73. The van der Waals surface area contributed by atoms with Crippen molar-refractivity contribution >= 4 is 5.97 Å². The summed E-state index contributed by atoms with van der Waals surface area (Å²) in [6.07, 6.45) is 1.62. The number of carbonyl (C=O) groups is 1. The molecule has 0 unspecified atom stereocenters. The molecule has 80 valence electrons. The number of fused-ring (bicyclic) bond motifs is 1. The highest BCUT2D eigenvalue weighted by Gasteiger charge is 2.28. The van der Waals surface area contributed by atoms with Crippen molar-refractivity contribution in [2.75, 3.05) is 0 Å². The molecule has 1 heterocycles. The molecule has 15 heavy (non-hydrogen) atoms. The summed E-state index contributed by atoms with van der Waals surface area (Å²) >= 11 is 0. The third-order valence-electron chi connectivity index (χ3n) is 2.73. The van der Waals surface area contributed by atoms with Crippen molar-refractivity contribution in [1.29, 1.82) is 0 Å². The average Bonchev–Trinajstić information content (AvgIpc) is 2.14. The first-order chi connectivity index (χ1) is 6.99. The van der Waals surface area contributed by atoms with Crippen molar-refractivity contribution < 1.29 is 14.6 Å². The van der Waals surface area contributed by atoms with E-state index in [9.17, 15) is 4.79 Å². The van der Waals surface area contributed by atoms with E-state index >= 15 is 0 Å². The maximum absolute atomic E-state index is 11.0. The Morgan fingerprint density at radius 3 is 2.87 bits per heavy atom. The van der Waals surface area contributed by atoms with Gasteiger partial charge in [-0.1, -0.05) is 6.07 Å². The number of carboxylic acids is 1. The van der Waals surface area contributed by atoms with Crippen LogP contribution in [0.1, 0.15) is 36.2 Å². The lowest BCUT2D eigenvalue weighted by atomic mass is 9.91. The standard InChI is InChI=1S/C12H14O3/c1-12(2)7-6-8-9(11(13)14)4-3-5-10(8)15-12/h3-5H,6-7H2,1-2H3,(H,13,14). The van der Waals surface area contributed by atoms with Crippen LogP contribution in [0.25, 0.3) is 0 Å². The van der Waals surface area contributed by atoms with Crippen molar-refractivity contribution in [3.8, 4) is 5.75 Å². The zero-order valence-electron chi connectivity index (χ0n) is 8.91. The average molecular weight is 206 g/mol. The van der Waals surface area contributed by atoms with E-state index in [4.69, 9.17) is 9.84 Å². The van der Waals surface area contributed by atoms with Crippen LogP contribution in [0.4, 0.5) is 0 Å². The van der Waals surface area contributed by atoms with E-state index in [0.29, 0.717) is 11.3 Å². The highest BCUT2D eigenvalue weighted by Crippen LogP contribution is 2.34. The van der Waals surface area contributed by atoms with E-state index in [1.54, 1.807) is 12.1 Å². The predicted octanol–water partition coefficient (Wildman–Crippen LogP) is 2.49. The zero-order chi connectivity index (χ0) is 11.1. The fraction of sp³-hybridized carbons (Fsp3) is 0.417. The van der Waals surface area contributed by atoms with E-state index in [1.807, 2.05) is 19.9 Å². The second-order valence-corrected chi connectivity index (χ2v) is 4.45. The Kier molecular flexibility index (Phi) is 2.18. The van der Waals surface area contributed by atoms with Crippen LogP contribution in [0.3, 0.4) is 0 Å². The molecule has 1 aromatic rings. The van der Waals surface area contributed by atoms with Crippen LogP contribution < -0.4 is 4.74 Å². The molecule has 1 aliphatic rings. The summed E-state index contributed by atoms with van der Waals surface area (Å²) in [5, 5.41) is 9.02. The molecule has 3 heteroatoms. The molecule has 1 aliphatic heterocycles. The van der Waals surface area contributed by atoms with Crippen molar-refractivity contribution in [2.45, 2.75) is 32.3 Å². The lowest BCUT2D eigenvalue weighted by Crippen LogP contribution is -2.33. The van der Waals surface area contributed by atoms with Gasteiger partial charge in [-0.05, 0) is 38.8 Å². The molecule has 0 atom stereocenters. The number of carboxylic acid groups (broad SMARTS) is 1. The number of hydrogen-bond acceptors (Lipinski definition) is 2. The van der Waals surface area contributed by atoms with E-state index in [0.717, 1.165) is 18.4 Å². The largest absolute Gasteiger partial charge is 0.488 e. The molecule has 0 fully saturated rings. The van der Waals surface area contributed by atoms with Crippen LogP contribution in [-0.4, -0.2) is 16.7 Å². The molecule has 0 amide bonds. The van der Waals surface area contributed by atoms with Gasteiger partial charge in [0.15, 0.2) is 0 Å². The summed E-state index contributed by atoms with van der Waals surface area (Å²) in [6, 6.07) is 5.19. The van der Waals surface area contributed by atoms with Gasteiger partial charge in [-0.15, -0.1) is 0 Å². The molecule has 0 aromatic heterocycles. The molecule has 0 aliphatic carbocycles. The topological polar surface area (TPSA) is 46.5 Å². The van der Waals surface area contributed by atoms with Crippen molar-refractivity contribution in [1.82, 2.24) is 0 Å². The first-order valence-electron chi connectivity index (χ1n) is 5.04. The second-order valence-electron chi connectivity index (χ2n) is 4.45. The Morgan fingerprint density at radius 1 is 1.47 bits per heavy atom. The molecule has 0 saturated carbocycles. The molecule has 2 rings (SSSR count). The van der Waals surface area contributed by atoms with Gasteiger partial charge in [0, 0.05) is 5.56 Å². The lowest BCUT2D eigenvalue weighted by molar-refractivity contribution is 0.0674. The Labute approximate surface area is 88.7 Å². The molecular weight excluding hydrogens is 192 g/mol. The summed E-state index contributed by atoms with van der Waals surface area (Å²) in [6.45, 7) is 4.03. The van der Waals surface area contributed by atoms with Gasteiger partial charge in [0.2, 0.25) is 0 Å². The summed E-state index contributed by atoms with van der Waals surface area (Å²) in [5.41, 5.74) is 0.997. The minimum atomic E-state index is -0.879. The molecule has 1 aromatic carbocycles. The van der Waals surface area contributed by atoms with Crippen LogP contribution in [0.5, 0.6) is 5.75 Å². The SMILES string of the molecule is CC1(C)CCc2c(cccc2C(=O)O)O1. The fourth-order valence-electron chi connectivity index (χ4n) is 1.89. The Morgan fingerprint density at radius 2 is 2.20 bits per heavy atom. The van der Waals surface area contributed by atoms with Gasteiger partial charge in [-0.25, -0.2) is 4.79 Å². The summed E-state index contributed by atoms with van der Waals surface area (Å²) in [7, 11) is 0. The second kappa shape index (κ2) is 3.26. The van der Waals surface area contributed by atoms with E-state index < -0.39 is 5.97 Å². The zero-order valence-corrected chi connectivity index (χ0v) is 8.91. The molecule has 3 nitrogen and oxygen atoms in total. The van der Waals surface area contributed by atoms with Crippen LogP contribution >= 0.6 is 0 Å². The van der Waals surface area contributed by atoms with E-state index in [1.165, 1.54) is 0 Å². The van der Waals surface area contributed by atoms with Gasteiger partial charge in [0.05, 0.1) is 5.56 Å². The fourth-order valence-corrected chi connectivity index (χ4v) is 1.89. The highest BCUT2D eigenvalue weighted by atomic mass is 16.5. The number of aromatic carboxylic acids is 1. The monoisotopic (exact) mass is 206 g/mol. The van der Waals surface area contributed by atoms with Crippen LogP contribution in [0.2, 0.25) is 0 Å². The van der Waals surface area contributed by atoms with Gasteiger partial charge < -0.3 is 9.84 Å². The van der Waals surface area contributed by atoms with Gasteiger partial charge >= 0.3 is 5.97 Å². The Bertz CT molecular complexity index is 407. The first kappa shape index (κ1) is 10.0. The van der Waals surface area contributed by atoms with Crippen molar-refractivity contribution in [2.24, 2.45) is 0 Å². The minimum absolute atomic E-state index is 0.190. The first-order valence-corrected chi connectivity index (χ1v) is 5.04. The molecule has 0 radical (unpaired) electrons. The number of hydrogen-bond donors (Lipinski definition) is 1. The van der Waals surface area contributed by atoms with E-state index in [2.05, 4.69) is 0 Å². The quantitative estimate of drug-likeness (QED) is 0.767. The van der Waals surface area contributed by atoms with Crippen molar-refractivity contribution in [3.05, 3.63) is 29.3 Å². The van der Waals surface area contributed by atoms with E-state index in [-0.39, 0.29) is 5.60 Å². The predicted molar refractivity (Wildman–Crippen MR) is 56.4 cm³/mol. The number of rotatable bonds is 1. The van der Waals surface area contributed by atoms with Gasteiger partial charge in [-0.3, -0.25) is 0 Å². The van der Waals surface area contributed by atoms with Gasteiger partial charge in [0.25, 0.3) is 0 Å². The third kappa shape index (κ3) is 1.82. The molecule has 0 saturated heterocycles. The molecule has 0 spiro atoms.